The van der Waals surface area contributed by atoms with Crippen molar-refractivity contribution in [3.8, 4) is 11.8 Å². The lowest BCUT2D eigenvalue weighted by atomic mass is 9.79. The van der Waals surface area contributed by atoms with Gasteiger partial charge in [0, 0.05) is 5.56 Å². The van der Waals surface area contributed by atoms with Crippen molar-refractivity contribution in [2.24, 2.45) is 0 Å². The van der Waals surface area contributed by atoms with E-state index in [0.717, 1.165) is 29.7 Å². The van der Waals surface area contributed by atoms with E-state index in [-0.39, 0.29) is 13.2 Å². The van der Waals surface area contributed by atoms with E-state index < -0.39 is 5.60 Å². The first-order valence-electron chi connectivity index (χ1n) is 6.09. The molecule has 0 spiro atoms. The second-order valence-electron chi connectivity index (χ2n) is 4.39. The van der Waals surface area contributed by atoms with Crippen molar-refractivity contribution < 1.29 is 14.6 Å². The summed E-state index contributed by atoms with van der Waals surface area (Å²) >= 11 is 0. The molecule has 1 aliphatic rings. The molecule has 4 heteroatoms. The number of nitrogens with zero attached hydrogens (tertiary/aromatic N) is 1. The second kappa shape index (κ2) is 5.38. The molecule has 18 heavy (non-hydrogen) atoms. The highest BCUT2D eigenvalue weighted by molar-refractivity contribution is 5.43. The monoisotopic (exact) mass is 247 g/mol. The molecule has 1 aromatic carbocycles. The lowest BCUT2D eigenvalue weighted by Crippen LogP contribution is -2.33. The van der Waals surface area contributed by atoms with Crippen molar-refractivity contribution in [3.63, 3.8) is 0 Å². The minimum atomic E-state index is -0.914. The van der Waals surface area contributed by atoms with Crippen molar-refractivity contribution in [1.29, 1.82) is 5.26 Å². The average Bonchev–Trinajstić information content (AvgIpc) is 2.44. The van der Waals surface area contributed by atoms with Gasteiger partial charge in [-0.15, -0.1) is 0 Å². The van der Waals surface area contributed by atoms with Crippen molar-refractivity contribution in [2.75, 3.05) is 20.3 Å². The number of benzene rings is 1. The van der Waals surface area contributed by atoms with Crippen LogP contribution in [0.15, 0.2) is 18.2 Å². The number of hydrogen-bond donors (Lipinski definition) is 1. The van der Waals surface area contributed by atoms with Crippen molar-refractivity contribution in [1.82, 2.24) is 0 Å². The molecule has 96 valence electrons. The molecular formula is C14H17NO3. The molecule has 0 saturated carbocycles. The number of hydrogen-bond acceptors (Lipinski definition) is 4. The minimum absolute atomic E-state index is 0.0745. The van der Waals surface area contributed by atoms with Gasteiger partial charge in [-0.05, 0) is 37.0 Å². The van der Waals surface area contributed by atoms with Crippen LogP contribution in [0.1, 0.15) is 24.0 Å². The molecule has 0 heterocycles. The number of methoxy groups -OCH3 is 1. The van der Waals surface area contributed by atoms with E-state index in [1.54, 1.807) is 7.11 Å². The summed E-state index contributed by atoms with van der Waals surface area (Å²) in [6.45, 7) is 0.105. The van der Waals surface area contributed by atoms with Gasteiger partial charge >= 0.3 is 0 Å². The zero-order valence-corrected chi connectivity index (χ0v) is 10.5. The summed E-state index contributed by atoms with van der Waals surface area (Å²) in [5, 5.41) is 18.3. The van der Waals surface area contributed by atoms with Crippen LogP contribution in [0.4, 0.5) is 0 Å². The maximum absolute atomic E-state index is 9.45. The molecule has 0 fully saturated rings. The Hall–Kier alpha value is -1.57. The number of ether oxygens (including phenoxy) is 2. The van der Waals surface area contributed by atoms with E-state index in [9.17, 15) is 5.26 Å². The van der Waals surface area contributed by atoms with Crippen LogP contribution in [0, 0.1) is 11.3 Å². The van der Waals surface area contributed by atoms with Gasteiger partial charge in [-0.2, -0.15) is 5.26 Å². The third-order valence-corrected chi connectivity index (χ3v) is 3.34. The minimum Gasteiger partial charge on any atom is -0.497 e. The zero-order valence-electron chi connectivity index (χ0n) is 10.5. The highest BCUT2D eigenvalue weighted by Gasteiger charge is 2.37. The van der Waals surface area contributed by atoms with Gasteiger partial charge in [-0.1, -0.05) is 6.07 Å². The summed E-state index contributed by atoms with van der Waals surface area (Å²) < 4.78 is 10.8. The molecule has 0 aromatic heterocycles. The fraction of sp³-hybridized carbons (Fsp3) is 0.500. The first-order valence-corrected chi connectivity index (χ1v) is 6.09. The second-order valence-corrected chi connectivity index (χ2v) is 4.39. The highest BCUT2D eigenvalue weighted by atomic mass is 16.5. The molecule has 4 nitrogen and oxygen atoms in total. The fourth-order valence-electron chi connectivity index (χ4n) is 2.48. The quantitative estimate of drug-likeness (QED) is 0.880. The Morgan fingerprint density at radius 3 is 3.00 bits per heavy atom. The summed E-state index contributed by atoms with van der Waals surface area (Å²) in [7, 11) is 1.63. The Labute approximate surface area is 107 Å². The first-order chi connectivity index (χ1) is 8.75. The van der Waals surface area contributed by atoms with E-state index in [1.807, 2.05) is 18.2 Å². The Kier molecular flexibility index (Phi) is 3.85. The first kappa shape index (κ1) is 12.9. The van der Waals surface area contributed by atoms with Crippen LogP contribution >= 0.6 is 0 Å². The molecule has 0 saturated heterocycles. The normalized spacial score (nSPS) is 22.1. The zero-order chi connectivity index (χ0) is 13.0. The Morgan fingerprint density at radius 2 is 2.33 bits per heavy atom. The third-order valence-electron chi connectivity index (χ3n) is 3.34. The topological polar surface area (TPSA) is 62.5 Å². The van der Waals surface area contributed by atoms with Gasteiger partial charge in [0.05, 0.1) is 20.3 Å². The van der Waals surface area contributed by atoms with Crippen LogP contribution in [-0.4, -0.2) is 25.4 Å². The molecule has 1 aromatic rings. The largest absolute Gasteiger partial charge is 0.497 e. The summed E-state index contributed by atoms with van der Waals surface area (Å²) in [5.41, 5.74) is 1.09. The van der Waals surface area contributed by atoms with Crippen molar-refractivity contribution in [2.45, 2.75) is 24.9 Å². The summed E-state index contributed by atoms with van der Waals surface area (Å²) in [6.07, 6.45) is 2.50. The van der Waals surface area contributed by atoms with Crippen molar-refractivity contribution >= 4 is 0 Å². The Balaban J connectivity index is 2.40. The van der Waals surface area contributed by atoms with Crippen molar-refractivity contribution in [3.05, 3.63) is 29.3 Å². The SMILES string of the molecule is COc1ccc2c(c1)CCCC2(C#N)OCCO. The molecule has 0 radical (unpaired) electrons. The van der Waals surface area contributed by atoms with Crippen LogP contribution in [0.3, 0.4) is 0 Å². The van der Waals surface area contributed by atoms with Crippen LogP contribution in [0.2, 0.25) is 0 Å². The molecule has 0 bridgehead atoms. The maximum Gasteiger partial charge on any atom is 0.179 e. The van der Waals surface area contributed by atoms with E-state index in [4.69, 9.17) is 14.6 Å². The number of rotatable bonds is 4. The lowest BCUT2D eigenvalue weighted by Gasteiger charge is -2.33. The molecule has 1 unspecified atom stereocenters. The summed E-state index contributed by atoms with van der Waals surface area (Å²) in [5.74, 6) is 0.796. The summed E-state index contributed by atoms with van der Waals surface area (Å²) in [4.78, 5) is 0. The van der Waals surface area contributed by atoms with Crippen LogP contribution < -0.4 is 4.74 Å². The highest BCUT2D eigenvalue weighted by Crippen LogP contribution is 2.39. The van der Waals surface area contributed by atoms with E-state index in [2.05, 4.69) is 6.07 Å². The number of nitriles is 1. The average molecular weight is 247 g/mol. The van der Waals surface area contributed by atoms with Crippen LogP contribution in [-0.2, 0) is 16.8 Å². The van der Waals surface area contributed by atoms with Gasteiger partial charge in [0.25, 0.3) is 0 Å². The Bertz CT molecular complexity index is 467. The number of fused-ring (bicyclic) bond motifs is 1. The van der Waals surface area contributed by atoms with E-state index in [0.29, 0.717) is 6.42 Å². The summed E-state index contributed by atoms with van der Waals surface area (Å²) in [6, 6.07) is 7.98. The van der Waals surface area contributed by atoms with E-state index >= 15 is 0 Å². The number of aliphatic hydroxyl groups is 1. The number of aryl methyl sites for hydroxylation is 1. The molecule has 1 aliphatic carbocycles. The lowest BCUT2D eigenvalue weighted by molar-refractivity contribution is -0.0337. The molecule has 2 rings (SSSR count). The predicted octanol–water partition coefficient (Wildman–Crippen LogP) is 1.76. The molecule has 1 atom stereocenters. The van der Waals surface area contributed by atoms with Gasteiger partial charge in [0.1, 0.15) is 11.8 Å². The van der Waals surface area contributed by atoms with Gasteiger partial charge in [-0.25, -0.2) is 0 Å². The van der Waals surface area contributed by atoms with Gasteiger partial charge in [-0.3, -0.25) is 0 Å². The fourth-order valence-corrected chi connectivity index (χ4v) is 2.48. The molecule has 0 aliphatic heterocycles. The molecule has 1 N–H and O–H groups in total. The smallest absolute Gasteiger partial charge is 0.179 e. The van der Waals surface area contributed by atoms with Crippen LogP contribution in [0.25, 0.3) is 0 Å². The Morgan fingerprint density at radius 1 is 1.50 bits per heavy atom. The molecular weight excluding hydrogens is 230 g/mol. The number of aliphatic hydroxyl groups excluding tert-OH is 1. The van der Waals surface area contributed by atoms with Gasteiger partial charge < -0.3 is 14.6 Å². The maximum atomic E-state index is 9.45. The predicted molar refractivity (Wildman–Crippen MR) is 66.3 cm³/mol. The van der Waals surface area contributed by atoms with Crippen LogP contribution in [0.5, 0.6) is 5.75 Å². The van der Waals surface area contributed by atoms with Gasteiger partial charge in [0.2, 0.25) is 0 Å². The van der Waals surface area contributed by atoms with E-state index in [1.165, 1.54) is 0 Å². The van der Waals surface area contributed by atoms with Gasteiger partial charge in [0.15, 0.2) is 5.60 Å². The third kappa shape index (κ3) is 2.20. The molecule has 0 amide bonds. The standard InChI is InChI=1S/C14H17NO3/c1-17-12-4-5-13-11(9-12)3-2-6-14(13,10-15)18-8-7-16/h4-5,9,16H,2-3,6-8H2,1H3.